The Labute approximate surface area is 166 Å². The molecular weight excluding hydrogens is 370 g/mol. The first-order chi connectivity index (χ1) is 13.7. The van der Waals surface area contributed by atoms with Crippen molar-refractivity contribution in [2.75, 3.05) is 0 Å². The molecule has 0 fully saturated rings. The number of benzene rings is 3. The summed E-state index contributed by atoms with van der Waals surface area (Å²) in [7, 11) is 0. The van der Waals surface area contributed by atoms with Gasteiger partial charge >= 0.3 is 4.87 Å². The molecule has 0 radical (unpaired) electrons. The lowest BCUT2D eigenvalue weighted by Gasteiger charge is -2.08. The van der Waals surface area contributed by atoms with Gasteiger partial charge in [0.25, 0.3) is 0 Å². The number of hydrogen-bond acceptors (Lipinski definition) is 4. The lowest BCUT2D eigenvalue weighted by molar-refractivity contribution is 0.306. The Morgan fingerprint density at radius 2 is 1.46 bits per heavy atom. The van der Waals surface area contributed by atoms with E-state index in [2.05, 4.69) is 41.4 Å². The van der Waals surface area contributed by atoms with Gasteiger partial charge in [-0.25, -0.2) is 0 Å². The second-order valence-corrected chi connectivity index (χ2v) is 7.53. The number of nitrogens with one attached hydrogen (secondary N) is 1. The average Bonchev–Trinajstić information content (AvgIpc) is 3.05. The van der Waals surface area contributed by atoms with Crippen LogP contribution in [0.3, 0.4) is 0 Å². The van der Waals surface area contributed by atoms with Crippen LogP contribution in [0.25, 0.3) is 11.1 Å². The molecule has 5 heteroatoms. The fraction of sp³-hybridized carbons (Fsp3) is 0.0870. The molecule has 0 aliphatic rings. The minimum atomic E-state index is -0.245. The van der Waals surface area contributed by atoms with E-state index in [0.717, 1.165) is 28.2 Å². The Morgan fingerprint density at radius 3 is 2.11 bits per heavy atom. The average molecular weight is 389 g/mol. The Balaban J connectivity index is 1.36. The van der Waals surface area contributed by atoms with Gasteiger partial charge in [-0.2, -0.15) is 0 Å². The first-order valence-corrected chi connectivity index (χ1v) is 9.76. The normalized spacial score (nSPS) is 10.7. The Hall–Kier alpha value is -3.31. The van der Waals surface area contributed by atoms with Crippen LogP contribution in [-0.2, 0) is 13.0 Å². The number of rotatable bonds is 6. The van der Waals surface area contributed by atoms with Crippen molar-refractivity contribution in [3.63, 3.8) is 0 Å². The summed E-state index contributed by atoms with van der Waals surface area (Å²) in [6.45, 7) is 0.495. The molecule has 0 amide bonds. The van der Waals surface area contributed by atoms with E-state index < -0.39 is 0 Å². The topological polar surface area (TPSA) is 62.3 Å². The summed E-state index contributed by atoms with van der Waals surface area (Å²) in [6, 6.07) is 26.3. The Bertz CT molecular complexity index is 1100. The van der Waals surface area contributed by atoms with Gasteiger partial charge in [0, 0.05) is 6.42 Å². The number of H-pyrrole nitrogens is 1. The standard InChI is InChI=1S/C23H19NO3S/c25-22-21(28-23(26)24-22)14-16-8-12-20(13-9-16)27-15-17-6-10-19(11-7-17)18-4-2-1-3-5-18/h1-13,25H,14-15H2,(H,24,26). The number of thiazole rings is 1. The molecule has 0 spiro atoms. The third-order valence-corrected chi connectivity index (χ3v) is 5.33. The van der Waals surface area contributed by atoms with Crippen molar-refractivity contribution in [2.45, 2.75) is 13.0 Å². The maximum absolute atomic E-state index is 11.3. The lowest BCUT2D eigenvalue weighted by atomic mass is 10.0. The molecule has 140 valence electrons. The van der Waals surface area contributed by atoms with Gasteiger partial charge in [0.2, 0.25) is 5.88 Å². The molecule has 4 rings (SSSR count). The van der Waals surface area contributed by atoms with Crippen molar-refractivity contribution in [2.24, 2.45) is 0 Å². The highest BCUT2D eigenvalue weighted by atomic mass is 32.1. The van der Waals surface area contributed by atoms with Crippen molar-refractivity contribution < 1.29 is 9.84 Å². The van der Waals surface area contributed by atoms with E-state index >= 15 is 0 Å². The van der Waals surface area contributed by atoms with Crippen molar-refractivity contribution in [3.8, 4) is 22.8 Å². The Kier molecular flexibility index (Phi) is 5.26. The van der Waals surface area contributed by atoms with Crippen LogP contribution in [-0.4, -0.2) is 10.1 Å². The highest BCUT2D eigenvalue weighted by molar-refractivity contribution is 7.09. The van der Waals surface area contributed by atoms with Crippen LogP contribution in [0.4, 0.5) is 0 Å². The number of ether oxygens (including phenoxy) is 1. The maximum atomic E-state index is 11.3. The van der Waals surface area contributed by atoms with Crippen molar-refractivity contribution in [3.05, 3.63) is 105 Å². The third kappa shape index (κ3) is 4.32. The summed E-state index contributed by atoms with van der Waals surface area (Å²) in [5.74, 6) is 0.733. The van der Waals surface area contributed by atoms with Gasteiger partial charge in [-0.05, 0) is 34.4 Å². The lowest BCUT2D eigenvalue weighted by Crippen LogP contribution is -1.95. The molecule has 3 aromatic carbocycles. The van der Waals surface area contributed by atoms with Crippen LogP contribution in [0.15, 0.2) is 83.7 Å². The summed E-state index contributed by atoms with van der Waals surface area (Å²) in [4.78, 5) is 14.0. The monoisotopic (exact) mass is 389 g/mol. The molecule has 4 aromatic rings. The third-order valence-electron chi connectivity index (χ3n) is 4.46. The molecule has 1 heterocycles. The van der Waals surface area contributed by atoms with Crippen molar-refractivity contribution >= 4 is 11.3 Å². The highest BCUT2D eigenvalue weighted by Gasteiger charge is 2.07. The zero-order valence-corrected chi connectivity index (χ0v) is 15.9. The van der Waals surface area contributed by atoms with Gasteiger partial charge < -0.3 is 9.84 Å². The van der Waals surface area contributed by atoms with Gasteiger partial charge in [0.1, 0.15) is 12.4 Å². The maximum Gasteiger partial charge on any atom is 0.307 e. The molecule has 0 atom stereocenters. The van der Waals surface area contributed by atoms with E-state index in [1.807, 2.05) is 42.5 Å². The van der Waals surface area contributed by atoms with Gasteiger partial charge in [-0.3, -0.25) is 9.78 Å². The van der Waals surface area contributed by atoms with E-state index in [-0.39, 0.29) is 10.8 Å². The van der Waals surface area contributed by atoms with E-state index in [0.29, 0.717) is 17.9 Å². The fourth-order valence-electron chi connectivity index (χ4n) is 2.95. The minimum Gasteiger partial charge on any atom is -0.494 e. The van der Waals surface area contributed by atoms with Crippen LogP contribution in [0.1, 0.15) is 16.0 Å². The first kappa shape index (κ1) is 18.1. The summed E-state index contributed by atoms with van der Waals surface area (Å²) in [5, 5.41) is 9.68. The fourth-order valence-corrected chi connectivity index (χ4v) is 3.71. The number of aromatic amines is 1. The summed E-state index contributed by atoms with van der Waals surface area (Å²) < 4.78 is 5.87. The SMILES string of the molecule is O=c1[nH]c(O)c(Cc2ccc(OCc3ccc(-c4ccccc4)cc3)cc2)s1. The molecule has 0 saturated heterocycles. The second kappa shape index (κ2) is 8.15. The molecular formula is C23H19NO3S. The van der Waals surface area contributed by atoms with E-state index in [4.69, 9.17) is 4.74 Å². The molecule has 0 aliphatic carbocycles. The van der Waals surface area contributed by atoms with Gasteiger partial charge in [0.05, 0.1) is 4.88 Å². The smallest absolute Gasteiger partial charge is 0.307 e. The van der Waals surface area contributed by atoms with E-state index in [1.54, 1.807) is 0 Å². The van der Waals surface area contributed by atoms with Crippen LogP contribution < -0.4 is 9.61 Å². The number of hydrogen-bond donors (Lipinski definition) is 2. The molecule has 0 aliphatic heterocycles. The summed E-state index contributed by atoms with van der Waals surface area (Å²) in [6.07, 6.45) is 0.510. The van der Waals surface area contributed by atoms with E-state index in [1.165, 1.54) is 11.1 Å². The van der Waals surface area contributed by atoms with Crippen molar-refractivity contribution in [1.29, 1.82) is 0 Å². The predicted molar refractivity (Wildman–Crippen MR) is 112 cm³/mol. The van der Waals surface area contributed by atoms with Crippen LogP contribution in [0.2, 0.25) is 0 Å². The molecule has 4 nitrogen and oxygen atoms in total. The zero-order valence-electron chi connectivity index (χ0n) is 15.1. The number of aromatic hydroxyl groups is 1. The number of aromatic nitrogens is 1. The van der Waals surface area contributed by atoms with Crippen LogP contribution >= 0.6 is 11.3 Å². The first-order valence-electron chi connectivity index (χ1n) is 8.94. The van der Waals surface area contributed by atoms with E-state index in [9.17, 15) is 9.90 Å². The zero-order chi connectivity index (χ0) is 19.3. The van der Waals surface area contributed by atoms with Gasteiger partial charge in [-0.15, -0.1) is 0 Å². The van der Waals surface area contributed by atoms with Gasteiger partial charge in [-0.1, -0.05) is 78.1 Å². The van der Waals surface area contributed by atoms with Crippen molar-refractivity contribution in [1.82, 2.24) is 4.98 Å². The molecule has 1 aromatic heterocycles. The summed E-state index contributed by atoms with van der Waals surface area (Å²) >= 11 is 1.03. The molecule has 0 saturated carbocycles. The molecule has 0 unspecified atom stereocenters. The van der Waals surface area contributed by atoms with Gasteiger partial charge in [0.15, 0.2) is 0 Å². The highest BCUT2D eigenvalue weighted by Crippen LogP contribution is 2.23. The van der Waals surface area contributed by atoms with Crippen LogP contribution in [0, 0.1) is 0 Å². The Morgan fingerprint density at radius 1 is 0.821 bits per heavy atom. The quantitative estimate of drug-likeness (QED) is 0.489. The van der Waals surface area contributed by atoms with Crippen LogP contribution in [0.5, 0.6) is 11.6 Å². The largest absolute Gasteiger partial charge is 0.494 e. The second-order valence-electron chi connectivity index (χ2n) is 6.46. The molecule has 0 bridgehead atoms. The molecule has 28 heavy (non-hydrogen) atoms. The molecule has 2 N–H and O–H groups in total. The minimum absolute atomic E-state index is 0.0470. The summed E-state index contributed by atoms with van der Waals surface area (Å²) in [5.41, 5.74) is 4.49. The predicted octanol–water partition coefficient (Wildman–Crippen LogP) is 4.98.